The Hall–Kier alpha value is -3.38. The number of methoxy groups -OCH3 is 1. The fourth-order valence-corrected chi connectivity index (χ4v) is 4.31. The van der Waals surface area contributed by atoms with Gasteiger partial charge in [0.15, 0.2) is 0 Å². The fraction of sp³-hybridized carbons (Fsp3) is 0.250. The van der Waals surface area contributed by atoms with E-state index in [1.807, 2.05) is 66.7 Å². The predicted octanol–water partition coefficient (Wildman–Crippen LogP) is 2.73. The maximum absolute atomic E-state index is 13.5. The second-order valence-corrected chi connectivity index (χ2v) is 7.84. The molecule has 0 bridgehead atoms. The summed E-state index contributed by atoms with van der Waals surface area (Å²) in [5, 5.41) is 1.89. The summed E-state index contributed by atoms with van der Waals surface area (Å²) >= 11 is 0. The van der Waals surface area contributed by atoms with Crippen molar-refractivity contribution in [1.82, 2.24) is 9.58 Å². The minimum atomic E-state index is -0.122. The number of rotatable bonds is 3. The molecular weight excluding hydrogens is 378 g/mol. The number of fused-ring (bicyclic) bond motifs is 3. The summed E-state index contributed by atoms with van der Waals surface area (Å²) in [6.45, 7) is 1.72. The number of aromatic nitrogens is 1. The zero-order valence-corrected chi connectivity index (χ0v) is 17.0. The van der Waals surface area contributed by atoms with Gasteiger partial charge < -0.3 is 14.6 Å². The smallest absolute Gasteiger partial charge is 0.277 e. The van der Waals surface area contributed by atoms with Crippen molar-refractivity contribution in [3.8, 4) is 22.4 Å². The zero-order chi connectivity index (χ0) is 20.8. The van der Waals surface area contributed by atoms with E-state index in [1.54, 1.807) is 22.8 Å². The Kier molecular flexibility index (Phi) is 4.44. The Labute approximate surface area is 174 Å². The minimum absolute atomic E-state index is 0.0692. The first-order valence-electron chi connectivity index (χ1n) is 10.1. The van der Waals surface area contributed by atoms with Gasteiger partial charge in [0.1, 0.15) is 0 Å². The lowest BCUT2D eigenvalue weighted by molar-refractivity contribution is -0.0191. The van der Waals surface area contributed by atoms with E-state index in [0.717, 1.165) is 16.7 Å². The van der Waals surface area contributed by atoms with Gasteiger partial charge in [-0.15, -0.1) is 0 Å². The van der Waals surface area contributed by atoms with Crippen LogP contribution in [0.15, 0.2) is 65.5 Å². The van der Waals surface area contributed by atoms with Crippen LogP contribution in [0.3, 0.4) is 0 Å². The Morgan fingerprint density at radius 3 is 2.43 bits per heavy atom. The lowest BCUT2D eigenvalue weighted by Gasteiger charge is -2.39. The summed E-state index contributed by atoms with van der Waals surface area (Å²) in [5.74, 6) is -0.0747. The van der Waals surface area contributed by atoms with Crippen LogP contribution in [0.2, 0.25) is 0 Å². The van der Waals surface area contributed by atoms with Crippen LogP contribution >= 0.6 is 0 Å². The Bertz CT molecular complexity index is 1180. The van der Waals surface area contributed by atoms with Crippen molar-refractivity contribution >= 4 is 5.91 Å². The van der Waals surface area contributed by atoms with Gasteiger partial charge >= 0.3 is 0 Å². The molecule has 0 radical (unpaired) electrons. The van der Waals surface area contributed by atoms with Gasteiger partial charge in [-0.2, -0.15) is 0 Å². The van der Waals surface area contributed by atoms with E-state index in [0.29, 0.717) is 36.5 Å². The molecule has 0 aliphatic carbocycles. The van der Waals surface area contributed by atoms with Crippen LogP contribution in [0.25, 0.3) is 22.4 Å². The Morgan fingerprint density at radius 1 is 1.00 bits per heavy atom. The number of nitrogens with zero attached hydrogens (tertiary/aromatic N) is 3. The molecule has 0 saturated carbocycles. The second-order valence-electron chi connectivity index (χ2n) is 7.84. The van der Waals surface area contributed by atoms with Gasteiger partial charge in [-0.05, 0) is 17.2 Å². The highest BCUT2D eigenvalue weighted by Crippen LogP contribution is 2.34. The van der Waals surface area contributed by atoms with Crippen molar-refractivity contribution in [2.45, 2.75) is 12.6 Å². The largest absolute Gasteiger partial charge is 0.378 e. The molecule has 152 valence electrons. The van der Waals surface area contributed by atoms with E-state index in [4.69, 9.17) is 4.74 Å². The van der Waals surface area contributed by atoms with Gasteiger partial charge in [0.25, 0.3) is 11.5 Å². The number of pyridine rings is 1. The van der Waals surface area contributed by atoms with Crippen molar-refractivity contribution in [1.29, 1.82) is 0 Å². The lowest BCUT2D eigenvalue weighted by Crippen LogP contribution is -2.55. The average Bonchev–Trinajstić information content (AvgIpc) is 2.73. The van der Waals surface area contributed by atoms with Gasteiger partial charge in [0.05, 0.1) is 23.9 Å². The average molecular weight is 401 g/mol. The topological polar surface area (TPSA) is 54.8 Å². The Morgan fingerprint density at radius 2 is 1.70 bits per heavy atom. The van der Waals surface area contributed by atoms with Gasteiger partial charge in [0.2, 0.25) is 0 Å². The molecule has 1 amide bonds. The maximum atomic E-state index is 13.5. The van der Waals surface area contributed by atoms with E-state index in [1.165, 1.54) is 0 Å². The van der Waals surface area contributed by atoms with Crippen LogP contribution < -0.4 is 10.6 Å². The van der Waals surface area contributed by atoms with Crippen molar-refractivity contribution in [2.24, 2.45) is 0 Å². The standard InChI is InChI=1S/C24H23N3O3/c1-25-13-17-10-6-7-11-19(17)22-21(23(28)26-14-18(15-26)30-2)12-20(24(29)27(22)25)16-8-4-3-5-9-16/h3-12,18H,13-15H2,1-2H3. The molecule has 2 aliphatic rings. The molecule has 1 aromatic heterocycles. The van der Waals surface area contributed by atoms with Gasteiger partial charge in [-0.25, -0.2) is 4.68 Å². The molecule has 2 aliphatic heterocycles. The summed E-state index contributed by atoms with van der Waals surface area (Å²) in [6, 6.07) is 19.3. The third-order valence-electron chi connectivity index (χ3n) is 5.98. The molecule has 3 aromatic rings. The van der Waals surface area contributed by atoms with Crippen LogP contribution in [0.4, 0.5) is 0 Å². The Balaban J connectivity index is 1.75. The van der Waals surface area contributed by atoms with Crippen LogP contribution in [0, 0.1) is 0 Å². The quantitative estimate of drug-likeness (QED) is 0.677. The summed E-state index contributed by atoms with van der Waals surface area (Å²) < 4.78 is 7.00. The number of likely N-dealkylation sites (tertiary alicyclic amines) is 1. The third-order valence-corrected chi connectivity index (χ3v) is 5.98. The first kappa shape index (κ1) is 18.6. The van der Waals surface area contributed by atoms with Crippen molar-refractivity contribution in [3.63, 3.8) is 0 Å². The monoisotopic (exact) mass is 401 g/mol. The summed E-state index contributed by atoms with van der Waals surface area (Å²) in [5.41, 5.74) is 4.44. The molecule has 0 atom stereocenters. The van der Waals surface area contributed by atoms with Crippen LogP contribution in [-0.4, -0.2) is 48.8 Å². The summed E-state index contributed by atoms with van der Waals surface area (Å²) in [6.07, 6.45) is 0.0692. The molecule has 0 unspecified atom stereocenters. The number of hydrogen-bond donors (Lipinski definition) is 0. The molecule has 6 heteroatoms. The van der Waals surface area contributed by atoms with Gasteiger partial charge in [-0.1, -0.05) is 54.6 Å². The molecular formula is C24H23N3O3. The van der Waals surface area contributed by atoms with Crippen LogP contribution in [-0.2, 0) is 11.3 Å². The van der Waals surface area contributed by atoms with E-state index in [9.17, 15) is 9.59 Å². The second kappa shape index (κ2) is 7.15. The van der Waals surface area contributed by atoms with Crippen LogP contribution in [0.5, 0.6) is 0 Å². The van der Waals surface area contributed by atoms with E-state index < -0.39 is 0 Å². The molecule has 1 saturated heterocycles. The molecule has 3 heterocycles. The highest BCUT2D eigenvalue weighted by Gasteiger charge is 2.35. The number of ether oxygens (including phenoxy) is 1. The molecule has 0 spiro atoms. The number of amides is 1. The molecule has 6 nitrogen and oxygen atoms in total. The van der Waals surface area contributed by atoms with Crippen molar-refractivity contribution in [3.05, 3.63) is 82.1 Å². The van der Waals surface area contributed by atoms with E-state index in [-0.39, 0.29) is 17.6 Å². The maximum Gasteiger partial charge on any atom is 0.277 e. The number of carbonyl (C=O) groups is 1. The van der Waals surface area contributed by atoms with Gasteiger partial charge in [0, 0.05) is 38.4 Å². The van der Waals surface area contributed by atoms with Gasteiger partial charge in [-0.3, -0.25) is 9.59 Å². The lowest BCUT2D eigenvalue weighted by atomic mass is 9.94. The molecule has 5 rings (SSSR count). The van der Waals surface area contributed by atoms with Crippen LogP contribution in [0.1, 0.15) is 15.9 Å². The highest BCUT2D eigenvalue weighted by atomic mass is 16.5. The molecule has 0 N–H and O–H groups in total. The van der Waals surface area contributed by atoms with Crippen molar-refractivity contribution in [2.75, 3.05) is 32.3 Å². The minimum Gasteiger partial charge on any atom is -0.378 e. The van der Waals surface area contributed by atoms with E-state index in [2.05, 4.69) is 0 Å². The molecule has 2 aromatic carbocycles. The third kappa shape index (κ3) is 2.83. The summed E-state index contributed by atoms with van der Waals surface area (Å²) in [7, 11) is 3.55. The number of benzene rings is 2. The SMILES string of the molecule is COC1CN(C(=O)c2cc(-c3ccccc3)c(=O)n3c2-c2ccccc2CN3C)C1. The van der Waals surface area contributed by atoms with Crippen molar-refractivity contribution < 1.29 is 9.53 Å². The molecule has 30 heavy (non-hydrogen) atoms. The first-order valence-corrected chi connectivity index (χ1v) is 10.1. The number of hydrogen-bond acceptors (Lipinski definition) is 4. The normalized spacial score (nSPS) is 15.4. The molecule has 1 fully saturated rings. The fourth-order valence-electron chi connectivity index (χ4n) is 4.31. The summed E-state index contributed by atoms with van der Waals surface area (Å²) in [4.78, 5) is 28.8. The predicted molar refractivity (Wildman–Crippen MR) is 116 cm³/mol. The van der Waals surface area contributed by atoms with E-state index >= 15 is 0 Å². The number of carbonyl (C=O) groups excluding carboxylic acids is 1. The zero-order valence-electron chi connectivity index (χ0n) is 17.0. The first-order chi connectivity index (χ1) is 14.6. The highest BCUT2D eigenvalue weighted by molar-refractivity contribution is 6.02.